The zero-order chi connectivity index (χ0) is 15.4. The molecule has 1 N–H and O–H groups in total. The van der Waals surface area contributed by atoms with Crippen LogP contribution in [0.2, 0.25) is 0 Å². The third-order valence-corrected chi connectivity index (χ3v) is 3.51. The van der Waals surface area contributed by atoms with E-state index in [1.54, 1.807) is 19.2 Å². The molecular weight excluding hydrogens is 343 g/mol. The number of nitrogens with one attached hydrogen (secondary N) is 1. The van der Waals surface area contributed by atoms with Crippen molar-refractivity contribution in [2.45, 2.75) is 6.54 Å². The predicted octanol–water partition coefficient (Wildman–Crippen LogP) is 4.12. The van der Waals surface area contributed by atoms with Crippen molar-refractivity contribution in [2.75, 3.05) is 12.4 Å². The number of nitro benzene ring substituents is 1. The molecule has 0 bridgehead atoms. The zero-order valence-electron chi connectivity index (χ0n) is 11.1. The fraction of sp³-hybridized carbons (Fsp3) is 0.143. The number of hydrogen-bond acceptors (Lipinski definition) is 4. The summed E-state index contributed by atoms with van der Waals surface area (Å²) < 4.78 is 19.1. The number of nitro groups is 1. The number of benzene rings is 2. The molecule has 5 nitrogen and oxygen atoms in total. The highest BCUT2D eigenvalue weighted by molar-refractivity contribution is 9.10. The largest absolute Gasteiger partial charge is 0.497 e. The van der Waals surface area contributed by atoms with Crippen LogP contribution < -0.4 is 10.1 Å². The number of rotatable bonds is 5. The van der Waals surface area contributed by atoms with Gasteiger partial charge in [-0.3, -0.25) is 10.1 Å². The molecule has 0 amide bonds. The molecule has 0 saturated heterocycles. The third-order valence-electron chi connectivity index (χ3n) is 2.88. The zero-order valence-corrected chi connectivity index (χ0v) is 12.7. The second kappa shape index (κ2) is 6.53. The Morgan fingerprint density at radius 2 is 2.00 bits per heavy atom. The van der Waals surface area contributed by atoms with Crippen LogP contribution in [0.25, 0.3) is 0 Å². The second-order valence-corrected chi connectivity index (χ2v) is 5.10. The summed E-state index contributed by atoms with van der Waals surface area (Å²) in [7, 11) is 1.58. The van der Waals surface area contributed by atoms with Crippen molar-refractivity contribution in [3.8, 4) is 5.75 Å². The summed E-state index contributed by atoms with van der Waals surface area (Å²) in [6.07, 6.45) is 0. The number of halogens is 2. The molecule has 2 rings (SSSR count). The standard InChI is InChI=1S/C14H12BrFN2O3/c1-21-10-4-2-9(3-5-10)8-17-13-6-11(15)14(18(19)20)7-12(13)16/h2-7,17H,8H2,1H3. The molecule has 0 aliphatic carbocycles. The van der Waals surface area contributed by atoms with E-state index in [1.165, 1.54) is 6.07 Å². The molecule has 0 heterocycles. The highest BCUT2D eigenvalue weighted by atomic mass is 79.9. The van der Waals surface area contributed by atoms with Crippen molar-refractivity contribution in [2.24, 2.45) is 0 Å². The van der Waals surface area contributed by atoms with E-state index in [0.29, 0.717) is 6.54 Å². The number of hydrogen-bond donors (Lipinski definition) is 1. The van der Waals surface area contributed by atoms with E-state index < -0.39 is 10.7 Å². The first kappa shape index (κ1) is 15.2. The van der Waals surface area contributed by atoms with Gasteiger partial charge in [0.2, 0.25) is 0 Å². The normalized spacial score (nSPS) is 10.2. The van der Waals surface area contributed by atoms with Gasteiger partial charge in [0.1, 0.15) is 5.75 Å². The summed E-state index contributed by atoms with van der Waals surface area (Å²) in [5.74, 6) is 0.0708. The summed E-state index contributed by atoms with van der Waals surface area (Å²) in [6, 6.07) is 9.56. The SMILES string of the molecule is COc1ccc(CNc2cc(Br)c([N+](=O)[O-])cc2F)cc1. The van der Waals surface area contributed by atoms with Crippen LogP contribution in [0.3, 0.4) is 0 Å². The molecule has 0 unspecified atom stereocenters. The maximum atomic E-state index is 13.8. The predicted molar refractivity (Wildman–Crippen MR) is 81.1 cm³/mol. The van der Waals surface area contributed by atoms with Crippen molar-refractivity contribution in [1.82, 2.24) is 0 Å². The van der Waals surface area contributed by atoms with Gasteiger partial charge in [0.25, 0.3) is 5.69 Å². The Bertz CT molecular complexity index is 662. The molecule has 0 radical (unpaired) electrons. The Kier molecular flexibility index (Phi) is 4.74. The summed E-state index contributed by atoms with van der Waals surface area (Å²) in [5.41, 5.74) is 0.829. The summed E-state index contributed by atoms with van der Waals surface area (Å²) in [6.45, 7) is 0.394. The smallest absolute Gasteiger partial charge is 0.286 e. The van der Waals surface area contributed by atoms with Crippen LogP contribution in [-0.2, 0) is 6.54 Å². The lowest BCUT2D eigenvalue weighted by Gasteiger charge is -2.09. The van der Waals surface area contributed by atoms with Gasteiger partial charge < -0.3 is 10.1 Å². The van der Waals surface area contributed by atoms with E-state index in [1.807, 2.05) is 12.1 Å². The topological polar surface area (TPSA) is 64.4 Å². The lowest BCUT2D eigenvalue weighted by molar-refractivity contribution is -0.385. The number of nitrogens with zero attached hydrogens (tertiary/aromatic N) is 1. The van der Waals surface area contributed by atoms with Gasteiger partial charge in [-0.15, -0.1) is 0 Å². The van der Waals surface area contributed by atoms with Gasteiger partial charge in [0.05, 0.1) is 28.3 Å². The van der Waals surface area contributed by atoms with E-state index in [9.17, 15) is 14.5 Å². The van der Waals surface area contributed by atoms with Crippen LogP contribution in [-0.4, -0.2) is 12.0 Å². The Morgan fingerprint density at radius 1 is 1.33 bits per heavy atom. The van der Waals surface area contributed by atoms with Crippen LogP contribution in [0.1, 0.15) is 5.56 Å². The molecule has 0 aliphatic heterocycles. The molecule has 0 aromatic heterocycles. The van der Waals surface area contributed by atoms with Gasteiger partial charge in [0, 0.05) is 6.54 Å². The molecule has 110 valence electrons. The van der Waals surface area contributed by atoms with Crippen molar-refractivity contribution >= 4 is 27.3 Å². The average Bonchev–Trinajstić information content (AvgIpc) is 2.48. The Morgan fingerprint density at radius 3 is 2.57 bits per heavy atom. The van der Waals surface area contributed by atoms with Crippen molar-refractivity contribution in [3.05, 3.63) is 62.4 Å². The fourth-order valence-corrected chi connectivity index (χ4v) is 2.24. The third kappa shape index (κ3) is 3.69. The summed E-state index contributed by atoms with van der Waals surface area (Å²) in [4.78, 5) is 10.1. The van der Waals surface area contributed by atoms with Gasteiger partial charge >= 0.3 is 0 Å². The lowest BCUT2D eigenvalue weighted by Crippen LogP contribution is -2.02. The van der Waals surface area contributed by atoms with E-state index in [4.69, 9.17) is 4.74 Å². The monoisotopic (exact) mass is 354 g/mol. The molecule has 0 atom stereocenters. The van der Waals surface area contributed by atoms with Crippen LogP contribution >= 0.6 is 15.9 Å². The lowest BCUT2D eigenvalue weighted by atomic mass is 10.2. The van der Waals surface area contributed by atoms with Crippen LogP contribution in [0.5, 0.6) is 5.75 Å². The first-order chi connectivity index (χ1) is 10.0. The molecular formula is C14H12BrFN2O3. The van der Waals surface area contributed by atoms with Crippen LogP contribution in [0, 0.1) is 15.9 Å². The number of ether oxygens (including phenoxy) is 1. The molecule has 0 aliphatic rings. The van der Waals surface area contributed by atoms with Gasteiger partial charge in [0.15, 0.2) is 5.82 Å². The van der Waals surface area contributed by atoms with Gasteiger partial charge in [-0.2, -0.15) is 0 Å². The molecule has 2 aromatic carbocycles. The number of methoxy groups -OCH3 is 1. The van der Waals surface area contributed by atoms with Crippen LogP contribution in [0.15, 0.2) is 40.9 Å². The minimum Gasteiger partial charge on any atom is -0.497 e. The first-order valence-corrected chi connectivity index (χ1v) is 6.81. The highest BCUT2D eigenvalue weighted by Gasteiger charge is 2.16. The Hall–Kier alpha value is -2.15. The second-order valence-electron chi connectivity index (χ2n) is 4.24. The Labute approximate surface area is 129 Å². The maximum Gasteiger partial charge on any atom is 0.286 e. The molecule has 21 heavy (non-hydrogen) atoms. The molecule has 0 spiro atoms. The molecule has 2 aromatic rings. The fourth-order valence-electron chi connectivity index (χ4n) is 1.75. The van der Waals surface area contributed by atoms with Crippen LogP contribution in [0.4, 0.5) is 15.8 Å². The van der Waals surface area contributed by atoms with E-state index in [2.05, 4.69) is 21.2 Å². The summed E-state index contributed by atoms with van der Waals surface area (Å²) in [5, 5.41) is 13.6. The van der Waals surface area contributed by atoms with Crippen molar-refractivity contribution < 1.29 is 14.1 Å². The average molecular weight is 355 g/mol. The quantitative estimate of drug-likeness (QED) is 0.647. The maximum absolute atomic E-state index is 13.8. The Balaban J connectivity index is 2.12. The minimum atomic E-state index is -0.668. The highest BCUT2D eigenvalue weighted by Crippen LogP contribution is 2.30. The van der Waals surface area contributed by atoms with Gasteiger partial charge in [-0.25, -0.2) is 4.39 Å². The van der Waals surface area contributed by atoms with Gasteiger partial charge in [-0.05, 0) is 39.7 Å². The van der Waals surface area contributed by atoms with E-state index >= 15 is 0 Å². The van der Waals surface area contributed by atoms with Crippen molar-refractivity contribution in [1.29, 1.82) is 0 Å². The first-order valence-electron chi connectivity index (χ1n) is 6.01. The van der Waals surface area contributed by atoms with Gasteiger partial charge in [-0.1, -0.05) is 12.1 Å². The molecule has 0 fully saturated rings. The summed E-state index contributed by atoms with van der Waals surface area (Å²) >= 11 is 3.06. The van der Waals surface area contributed by atoms with E-state index in [0.717, 1.165) is 17.4 Å². The van der Waals surface area contributed by atoms with E-state index in [-0.39, 0.29) is 15.8 Å². The minimum absolute atomic E-state index is 0.197. The number of anilines is 1. The van der Waals surface area contributed by atoms with Crippen molar-refractivity contribution in [3.63, 3.8) is 0 Å². The molecule has 0 saturated carbocycles. The molecule has 7 heteroatoms.